The third kappa shape index (κ3) is 3.49. The van der Waals surface area contributed by atoms with Crippen LogP contribution in [0.1, 0.15) is 37.2 Å². The third-order valence-electron chi connectivity index (χ3n) is 5.48. The van der Waals surface area contributed by atoms with Gasteiger partial charge in [-0.25, -0.2) is 4.98 Å². The van der Waals surface area contributed by atoms with Gasteiger partial charge in [0.2, 0.25) is 0 Å². The van der Waals surface area contributed by atoms with Crippen LogP contribution >= 0.6 is 11.6 Å². The minimum absolute atomic E-state index is 0.357. The van der Waals surface area contributed by atoms with E-state index in [0.29, 0.717) is 28.5 Å². The van der Waals surface area contributed by atoms with E-state index < -0.39 is 0 Å². The predicted molar refractivity (Wildman–Crippen MR) is 108 cm³/mol. The fourth-order valence-electron chi connectivity index (χ4n) is 3.89. The molecule has 2 N–H and O–H groups in total. The number of nitrogens with zero attached hydrogens (tertiary/aromatic N) is 2. The van der Waals surface area contributed by atoms with E-state index in [2.05, 4.69) is 18.3 Å². The van der Waals surface area contributed by atoms with Crippen molar-refractivity contribution in [1.29, 1.82) is 0 Å². The Morgan fingerprint density at radius 1 is 1.07 bits per heavy atom. The minimum atomic E-state index is 0.357. The molecule has 27 heavy (non-hydrogen) atoms. The van der Waals surface area contributed by atoms with Crippen LogP contribution in [0, 0.1) is 0 Å². The van der Waals surface area contributed by atoms with Crippen molar-refractivity contribution in [2.24, 2.45) is 5.73 Å². The molecular weight excluding hydrogens is 362 g/mol. The summed E-state index contributed by atoms with van der Waals surface area (Å²) in [4.78, 5) is 4.82. The SMILES string of the molecule is COc1cc(OC)c(-c2cn3ccc(C4CCC(N)CC4)cc3n2)cc1Cl. The van der Waals surface area contributed by atoms with E-state index in [0.717, 1.165) is 42.6 Å². The summed E-state index contributed by atoms with van der Waals surface area (Å²) >= 11 is 6.32. The van der Waals surface area contributed by atoms with Gasteiger partial charge in [0.25, 0.3) is 0 Å². The van der Waals surface area contributed by atoms with Crippen LogP contribution < -0.4 is 15.2 Å². The van der Waals surface area contributed by atoms with Crippen LogP contribution in [0.15, 0.2) is 36.7 Å². The molecule has 0 unspecified atom stereocenters. The Morgan fingerprint density at radius 3 is 2.52 bits per heavy atom. The molecule has 6 heteroatoms. The van der Waals surface area contributed by atoms with Gasteiger partial charge in [-0.1, -0.05) is 11.6 Å². The lowest BCUT2D eigenvalue weighted by molar-refractivity contribution is 0.395. The van der Waals surface area contributed by atoms with E-state index in [1.807, 2.05) is 16.7 Å². The molecule has 0 bridgehead atoms. The predicted octanol–water partition coefficient (Wildman–Crippen LogP) is 4.66. The number of halogens is 1. The molecule has 0 aliphatic heterocycles. The second-order valence-electron chi connectivity index (χ2n) is 7.15. The molecule has 0 radical (unpaired) electrons. The van der Waals surface area contributed by atoms with Crippen molar-refractivity contribution >= 4 is 17.2 Å². The monoisotopic (exact) mass is 385 g/mol. The Morgan fingerprint density at radius 2 is 1.81 bits per heavy atom. The first-order valence-electron chi connectivity index (χ1n) is 9.25. The number of imidazole rings is 1. The summed E-state index contributed by atoms with van der Waals surface area (Å²) in [6, 6.07) is 8.36. The number of fused-ring (bicyclic) bond motifs is 1. The number of aromatic nitrogens is 2. The summed E-state index contributed by atoms with van der Waals surface area (Å²) in [7, 11) is 3.22. The Balaban J connectivity index is 1.71. The van der Waals surface area contributed by atoms with E-state index in [1.54, 1.807) is 20.3 Å². The highest BCUT2D eigenvalue weighted by Gasteiger charge is 2.21. The molecule has 142 valence electrons. The maximum atomic E-state index is 6.32. The first-order chi connectivity index (χ1) is 13.1. The third-order valence-corrected chi connectivity index (χ3v) is 5.77. The number of rotatable bonds is 4. The second-order valence-corrected chi connectivity index (χ2v) is 7.56. The molecular formula is C21H24ClN3O2. The van der Waals surface area contributed by atoms with Crippen molar-refractivity contribution in [3.8, 4) is 22.8 Å². The van der Waals surface area contributed by atoms with Crippen LogP contribution in [0.2, 0.25) is 5.02 Å². The molecule has 2 aromatic heterocycles. The zero-order valence-corrected chi connectivity index (χ0v) is 16.4. The van der Waals surface area contributed by atoms with E-state index >= 15 is 0 Å². The van der Waals surface area contributed by atoms with E-state index in [1.165, 1.54) is 5.56 Å². The zero-order chi connectivity index (χ0) is 19.0. The highest BCUT2D eigenvalue weighted by molar-refractivity contribution is 6.32. The molecule has 0 spiro atoms. The Bertz CT molecular complexity index is 961. The van der Waals surface area contributed by atoms with Crippen molar-refractivity contribution in [1.82, 2.24) is 9.38 Å². The molecule has 0 saturated heterocycles. The van der Waals surface area contributed by atoms with Gasteiger partial charge < -0.3 is 19.6 Å². The van der Waals surface area contributed by atoms with Crippen molar-refractivity contribution in [2.75, 3.05) is 14.2 Å². The van der Waals surface area contributed by atoms with E-state index in [-0.39, 0.29) is 0 Å². The number of hydrogen-bond donors (Lipinski definition) is 1. The average molecular weight is 386 g/mol. The average Bonchev–Trinajstić information content (AvgIpc) is 3.11. The van der Waals surface area contributed by atoms with E-state index in [4.69, 9.17) is 31.8 Å². The number of methoxy groups -OCH3 is 2. The molecule has 1 fully saturated rings. The summed E-state index contributed by atoms with van der Waals surface area (Å²) in [5.74, 6) is 1.83. The fourth-order valence-corrected chi connectivity index (χ4v) is 4.13. The van der Waals surface area contributed by atoms with Gasteiger partial charge in [0, 0.05) is 30.1 Å². The smallest absolute Gasteiger partial charge is 0.141 e. The molecule has 0 atom stereocenters. The van der Waals surface area contributed by atoms with Crippen molar-refractivity contribution in [3.63, 3.8) is 0 Å². The van der Waals surface area contributed by atoms with Crippen LogP contribution in [0.25, 0.3) is 16.9 Å². The van der Waals surface area contributed by atoms with Gasteiger partial charge in [-0.2, -0.15) is 0 Å². The first kappa shape index (κ1) is 18.1. The quantitative estimate of drug-likeness (QED) is 0.709. The maximum absolute atomic E-state index is 6.32. The van der Waals surface area contributed by atoms with Gasteiger partial charge in [-0.3, -0.25) is 0 Å². The fraction of sp³-hybridized carbons (Fsp3) is 0.381. The van der Waals surface area contributed by atoms with Crippen LogP contribution in [0.5, 0.6) is 11.5 Å². The van der Waals surface area contributed by atoms with Gasteiger partial charge in [0.15, 0.2) is 0 Å². The highest BCUT2D eigenvalue weighted by Crippen LogP contribution is 2.38. The molecule has 1 saturated carbocycles. The van der Waals surface area contributed by atoms with Crippen LogP contribution in [0.4, 0.5) is 0 Å². The van der Waals surface area contributed by atoms with Gasteiger partial charge in [0.05, 0.1) is 24.9 Å². The molecule has 1 aromatic carbocycles. The molecule has 2 heterocycles. The van der Waals surface area contributed by atoms with Crippen molar-refractivity contribution in [2.45, 2.75) is 37.6 Å². The summed E-state index contributed by atoms with van der Waals surface area (Å²) < 4.78 is 12.8. The molecule has 0 amide bonds. The number of benzene rings is 1. The lowest BCUT2D eigenvalue weighted by Gasteiger charge is -2.26. The van der Waals surface area contributed by atoms with Crippen LogP contribution in [-0.2, 0) is 0 Å². The lowest BCUT2D eigenvalue weighted by Crippen LogP contribution is -2.25. The summed E-state index contributed by atoms with van der Waals surface area (Å²) in [6.45, 7) is 0. The van der Waals surface area contributed by atoms with Crippen LogP contribution in [0.3, 0.4) is 0 Å². The zero-order valence-electron chi connectivity index (χ0n) is 15.6. The molecule has 4 rings (SSSR count). The van der Waals surface area contributed by atoms with Crippen molar-refractivity contribution in [3.05, 3.63) is 47.2 Å². The summed E-state index contributed by atoms with van der Waals surface area (Å²) in [5, 5.41) is 0.532. The van der Waals surface area contributed by atoms with Gasteiger partial charge >= 0.3 is 0 Å². The largest absolute Gasteiger partial charge is 0.496 e. The highest BCUT2D eigenvalue weighted by atomic mass is 35.5. The lowest BCUT2D eigenvalue weighted by atomic mass is 9.82. The van der Waals surface area contributed by atoms with Crippen molar-refractivity contribution < 1.29 is 9.47 Å². The summed E-state index contributed by atoms with van der Waals surface area (Å²) in [6.07, 6.45) is 8.55. The molecule has 1 aliphatic carbocycles. The first-order valence-corrected chi connectivity index (χ1v) is 9.63. The number of pyridine rings is 1. The van der Waals surface area contributed by atoms with E-state index in [9.17, 15) is 0 Å². The summed E-state index contributed by atoms with van der Waals surface area (Å²) in [5.41, 5.74) is 9.97. The normalized spacial score (nSPS) is 20.0. The second kappa shape index (κ2) is 7.41. The number of ether oxygens (including phenoxy) is 2. The topological polar surface area (TPSA) is 61.8 Å². The number of nitrogens with two attached hydrogens (primary N) is 1. The molecule has 1 aliphatic rings. The van der Waals surface area contributed by atoms with Gasteiger partial charge in [-0.15, -0.1) is 0 Å². The van der Waals surface area contributed by atoms with Gasteiger partial charge in [0.1, 0.15) is 17.1 Å². The maximum Gasteiger partial charge on any atom is 0.141 e. The Kier molecular flexibility index (Phi) is 4.98. The standard InChI is InChI=1S/C21H24ClN3O2/c1-26-19-11-20(27-2)17(22)10-16(19)18-12-25-8-7-14(9-21(25)24-18)13-3-5-15(23)6-4-13/h7-13,15H,3-6,23H2,1-2H3. The Hall–Kier alpha value is -2.24. The number of hydrogen-bond acceptors (Lipinski definition) is 4. The Labute approximate surface area is 164 Å². The van der Waals surface area contributed by atoms with Gasteiger partial charge in [-0.05, 0) is 55.4 Å². The van der Waals surface area contributed by atoms with Crippen LogP contribution in [-0.4, -0.2) is 29.6 Å². The minimum Gasteiger partial charge on any atom is -0.496 e. The molecule has 5 nitrogen and oxygen atoms in total. The molecule has 3 aromatic rings.